The molecule has 2 atom stereocenters. The van der Waals surface area contributed by atoms with Gasteiger partial charge in [-0.3, -0.25) is 4.79 Å². The van der Waals surface area contributed by atoms with Crippen LogP contribution in [0.3, 0.4) is 0 Å². The van der Waals surface area contributed by atoms with Crippen molar-refractivity contribution in [3.63, 3.8) is 0 Å². The maximum atomic E-state index is 11.7. The third-order valence-electron chi connectivity index (χ3n) is 3.67. The second-order valence-electron chi connectivity index (χ2n) is 5.05. The van der Waals surface area contributed by atoms with Crippen LogP contribution >= 0.6 is 0 Å². The van der Waals surface area contributed by atoms with Gasteiger partial charge in [-0.1, -0.05) is 13.8 Å². The Bertz CT molecular complexity index is 452. The first-order valence-electron chi connectivity index (χ1n) is 5.46. The van der Waals surface area contributed by atoms with E-state index in [4.69, 9.17) is 5.73 Å². The third kappa shape index (κ3) is 1.61. The molecule has 1 aliphatic rings. The average Bonchev–Trinajstić information content (AvgIpc) is 2.24. The van der Waals surface area contributed by atoms with E-state index >= 15 is 0 Å². The summed E-state index contributed by atoms with van der Waals surface area (Å²) in [6.07, 6.45) is 4.15. The first-order chi connectivity index (χ1) is 7.43. The number of rotatable bonds is 2. The van der Waals surface area contributed by atoms with Gasteiger partial charge in [-0.15, -0.1) is 0 Å². The van der Waals surface area contributed by atoms with Crippen molar-refractivity contribution >= 4 is 5.82 Å². The van der Waals surface area contributed by atoms with Crippen LogP contribution in [0.1, 0.15) is 20.3 Å². The van der Waals surface area contributed by atoms with Gasteiger partial charge >= 0.3 is 0 Å². The smallest absolute Gasteiger partial charge is 0.293 e. The predicted octanol–water partition coefficient (Wildman–Crippen LogP) is 0.318. The molecule has 1 aromatic rings. The fourth-order valence-corrected chi connectivity index (χ4v) is 1.97. The van der Waals surface area contributed by atoms with Gasteiger partial charge in [0, 0.05) is 36.9 Å². The molecule has 2 rings (SSSR count). The summed E-state index contributed by atoms with van der Waals surface area (Å²) in [4.78, 5) is 15.8. The molecule has 1 heterocycles. The van der Waals surface area contributed by atoms with Crippen LogP contribution in [0.25, 0.3) is 0 Å². The highest BCUT2D eigenvalue weighted by Crippen LogP contribution is 2.40. The second-order valence-corrected chi connectivity index (χ2v) is 5.05. The van der Waals surface area contributed by atoms with E-state index in [-0.39, 0.29) is 23.1 Å². The zero-order chi connectivity index (χ0) is 11.9. The Morgan fingerprint density at radius 1 is 1.62 bits per heavy atom. The molecule has 0 aliphatic heterocycles. The molecule has 1 aliphatic carbocycles. The highest BCUT2D eigenvalue weighted by Gasteiger charge is 2.46. The number of nitrogens with zero attached hydrogens (tertiary/aromatic N) is 2. The summed E-state index contributed by atoms with van der Waals surface area (Å²) >= 11 is 0. The van der Waals surface area contributed by atoms with Gasteiger partial charge in [-0.05, 0) is 6.42 Å². The van der Waals surface area contributed by atoms with Crippen molar-refractivity contribution < 1.29 is 0 Å². The Hall–Kier alpha value is -1.36. The number of aromatic nitrogens is 2. The fraction of sp³-hybridized carbons (Fsp3) is 0.636. The average molecular weight is 222 g/mol. The van der Waals surface area contributed by atoms with Crippen molar-refractivity contribution in [3.05, 3.63) is 22.7 Å². The van der Waals surface area contributed by atoms with Crippen LogP contribution in [-0.2, 0) is 7.05 Å². The van der Waals surface area contributed by atoms with E-state index in [1.807, 2.05) is 0 Å². The molecule has 0 spiro atoms. The van der Waals surface area contributed by atoms with Crippen molar-refractivity contribution in [1.82, 2.24) is 9.55 Å². The number of nitrogens with two attached hydrogens (primary N) is 1. The number of aryl methyl sites for hydroxylation is 1. The normalized spacial score (nSPS) is 27.2. The van der Waals surface area contributed by atoms with Crippen LogP contribution < -0.4 is 16.6 Å². The molecular formula is C11H18N4O. The third-order valence-corrected chi connectivity index (χ3v) is 3.67. The summed E-state index contributed by atoms with van der Waals surface area (Å²) in [5.41, 5.74) is 5.84. The van der Waals surface area contributed by atoms with Gasteiger partial charge in [0.1, 0.15) is 0 Å². The molecule has 0 aromatic carbocycles. The summed E-state index contributed by atoms with van der Waals surface area (Å²) in [5.74, 6) is 0.412. The largest absolute Gasteiger partial charge is 0.362 e. The highest BCUT2D eigenvalue weighted by atomic mass is 16.1. The predicted molar refractivity (Wildman–Crippen MR) is 63.3 cm³/mol. The zero-order valence-corrected chi connectivity index (χ0v) is 9.90. The van der Waals surface area contributed by atoms with Gasteiger partial charge in [-0.2, -0.15) is 0 Å². The Kier molecular flexibility index (Phi) is 2.50. The maximum absolute atomic E-state index is 11.7. The highest BCUT2D eigenvalue weighted by molar-refractivity contribution is 5.35. The van der Waals surface area contributed by atoms with E-state index in [0.29, 0.717) is 5.82 Å². The molecule has 5 heteroatoms. The van der Waals surface area contributed by atoms with Gasteiger partial charge in [0.2, 0.25) is 0 Å². The lowest BCUT2D eigenvalue weighted by molar-refractivity contribution is 0.117. The Balaban J connectivity index is 2.17. The lowest BCUT2D eigenvalue weighted by Crippen LogP contribution is -2.61. The van der Waals surface area contributed by atoms with Crippen LogP contribution in [0.5, 0.6) is 0 Å². The molecule has 0 saturated heterocycles. The van der Waals surface area contributed by atoms with Crippen molar-refractivity contribution in [2.24, 2.45) is 18.2 Å². The van der Waals surface area contributed by atoms with E-state index in [9.17, 15) is 4.79 Å². The quantitative estimate of drug-likeness (QED) is 0.755. The maximum Gasteiger partial charge on any atom is 0.293 e. The van der Waals surface area contributed by atoms with E-state index in [1.165, 1.54) is 4.57 Å². The van der Waals surface area contributed by atoms with Gasteiger partial charge in [0.05, 0.1) is 0 Å². The van der Waals surface area contributed by atoms with E-state index in [0.717, 1.165) is 6.42 Å². The van der Waals surface area contributed by atoms with Gasteiger partial charge in [0.15, 0.2) is 5.82 Å². The van der Waals surface area contributed by atoms with Crippen molar-refractivity contribution in [3.8, 4) is 0 Å². The second kappa shape index (κ2) is 3.59. The molecule has 0 amide bonds. The number of hydrogen-bond donors (Lipinski definition) is 2. The van der Waals surface area contributed by atoms with Crippen molar-refractivity contribution in [2.45, 2.75) is 32.4 Å². The van der Waals surface area contributed by atoms with Crippen LogP contribution in [0.15, 0.2) is 17.2 Å². The number of anilines is 1. The summed E-state index contributed by atoms with van der Waals surface area (Å²) in [6.45, 7) is 4.21. The van der Waals surface area contributed by atoms with E-state index in [2.05, 4.69) is 24.1 Å². The molecule has 5 nitrogen and oxygen atoms in total. The zero-order valence-electron chi connectivity index (χ0n) is 9.90. The van der Waals surface area contributed by atoms with Crippen LogP contribution in [0, 0.1) is 5.41 Å². The Morgan fingerprint density at radius 2 is 2.31 bits per heavy atom. The summed E-state index contributed by atoms with van der Waals surface area (Å²) in [7, 11) is 1.72. The summed E-state index contributed by atoms with van der Waals surface area (Å²) in [5, 5.41) is 3.18. The SMILES string of the molecule is Cn1ccnc(NC2CC(N)C2(C)C)c1=O. The Morgan fingerprint density at radius 3 is 2.88 bits per heavy atom. The first kappa shape index (κ1) is 11.1. The molecule has 88 valence electrons. The van der Waals surface area contributed by atoms with Crippen molar-refractivity contribution in [1.29, 1.82) is 0 Å². The topological polar surface area (TPSA) is 72.9 Å². The standard InChI is InChI=1S/C11H18N4O/c1-11(2)7(12)6-8(11)14-9-10(16)15(3)5-4-13-9/h4-5,7-8H,6,12H2,1-3H3,(H,13,14). The van der Waals surface area contributed by atoms with Gasteiger partial charge in [-0.25, -0.2) is 4.98 Å². The van der Waals surface area contributed by atoms with Crippen LogP contribution in [-0.4, -0.2) is 21.6 Å². The minimum Gasteiger partial charge on any atom is -0.362 e. The molecule has 16 heavy (non-hydrogen) atoms. The fourth-order valence-electron chi connectivity index (χ4n) is 1.97. The molecule has 1 saturated carbocycles. The van der Waals surface area contributed by atoms with Crippen LogP contribution in [0.4, 0.5) is 5.82 Å². The monoisotopic (exact) mass is 222 g/mol. The minimum atomic E-state index is -0.0984. The van der Waals surface area contributed by atoms with Gasteiger partial charge < -0.3 is 15.6 Å². The van der Waals surface area contributed by atoms with E-state index in [1.54, 1.807) is 19.4 Å². The first-order valence-corrected chi connectivity index (χ1v) is 5.46. The summed E-state index contributed by atoms with van der Waals surface area (Å²) in [6, 6.07) is 0.419. The molecule has 0 bridgehead atoms. The molecule has 1 fully saturated rings. The molecular weight excluding hydrogens is 204 g/mol. The lowest BCUT2D eigenvalue weighted by atomic mass is 9.63. The molecule has 0 radical (unpaired) electrons. The Labute approximate surface area is 94.7 Å². The summed E-state index contributed by atoms with van der Waals surface area (Å²) < 4.78 is 1.51. The van der Waals surface area contributed by atoms with E-state index < -0.39 is 0 Å². The minimum absolute atomic E-state index is 0.0164. The molecule has 3 N–H and O–H groups in total. The molecule has 1 aromatic heterocycles. The van der Waals surface area contributed by atoms with Crippen LogP contribution in [0.2, 0.25) is 0 Å². The molecule has 2 unspecified atom stereocenters. The number of nitrogens with one attached hydrogen (secondary N) is 1. The lowest BCUT2D eigenvalue weighted by Gasteiger charge is -2.50. The van der Waals surface area contributed by atoms with Gasteiger partial charge in [0.25, 0.3) is 5.56 Å². The number of hydrogen-bond acceptors (Lipinski definition) is 4. The van der Waals surface area contributed by atoms with Crippen molar-refractivity contribution in [2.75, 3.05) is 5.32 Å².